The molecule has 0 N–H and O–H groups in total. The van der Waals surface area contributed by atoms with Crippen molar-refractivity contribution in [1.29, 1.82) is 0 Å². The van der Waals surface area contributed by atoms with Gasteiger partial charge >= 0.3 is 11.9 Å². The molecule has 0 atom stereocenters. The maximum absolute atomic E-state index is 12.7. The van der Waals surface area contributed by atoms with Crippen molar-refractivity contribution in [2.45, 2.75) is 0 Å². The number of non-ortho nitro benzene ring substituents is 2. The summed E-state index contributed by atoms with van der Waals surface area (Å²) < 4.78 is 9.77. The summed E-state index contributed by atoms with van der Waals surface area (Å²) in [6.07, 6.45) is 0. The first-order valence-electron chi connectivity index (χ1n) is 10.7. The molecule has 39 heavy (non-hydrogen) atoms. The minimum atomic E-state index is -1.41. The predicted octanol–water partition coefficient (Wildman–Crippen LogP) is 3.49. The van der Waals surface area contributed by atoms with Crippen LogP contribution in [0, 0.1) is 30.3 Å². The van der Waals surface area contributed by atoms with Crippen LogP contribution in [0.25, 0.3) is 0 Å². The Labute approximate surface area is 217 Å². The second-order valence-corrected chi connectivity index (χ2v) is 7.56. The van der Waals surface area contributed by atoms with E-state index in [-0.39, 0.29) is 22.5 Å². The van der Waals surface area contributed by atoms with Crippen molar-refractivity contribution >= 4 is 40.6 Å². The van der Waals surface area contributed by atoms with Gasteiger partial charge in [-0.15, -0.1) is 0 Å². The normalized spacial score (nSPS) is 10.3. The number of Topliss-reactive ketones (excluding diaryl/α,β-unsaturated/α-hetero) is 2. The molecule has 3 aromatic rings. The smallest absolute Gasteiger partial charge is 0.346 e. The number of nitro benzene ring substituents is 3. The van der Waals surface area contributed by atoms with Crippen LogP contribution in [0.5, 0.6) is 0 Å². The molecule has 3 rings (SSSR count). The fraction of sp³-hybridized carbons (Fsp3) is 0.0833. The van der Waals surface area contributed by atoms with Crippen molar-refractivity contribution in [1.82, 2.24) is 0 Å². The average Bonchev–Trinajstić information content (AvgIpc) is 2.93. The highest BCUT2D eigenvalue weighted by molar-refractivity contribution is 6.08. The number of nitrogens with zero attached hydrogens (tertiary/aromatic N) is 3. The Hall–Kier alpha value is -5.86. The molecule has 198 valence electrons. The van der Waals surface area contributed by atoms with E-state index in [1.807, 2.05) is 0 Å². The topological polar surface area (TPSA) is 216 Å². The molecule has 0 aromatic heterocycles. The number of ether oxygens (including phenoxy) is 2. The minimum Gasteiger partial charge on any atom is -0.454 e. The van der Waals surface area contributed by atoms with Crippen molar-refractivity contribution in [3.05, 3.63) is 119 Å². The van der Waals surface area contributed by atoms with Crippen LogP contribution < -0.4 is 0 Å². The van der Waals surface area contributed by atoms with Crippen LogP contribution in [-0.4, -0.2) is 51.5 Å². The van der Waals surface area contributed by atoms with Gasteiger partial charge in [0.2, 0.25) is 0 Å². The molecule has 0 aliphatic rings. The highest BCUT2D eigenvalue weighted by atomic mass is 16.6. The number of carbonyl (C=O) groups is 4. The SMILES string of the molecule is O=C(COC(=O)c1cccc([N+](=O)[O-])c1C(=O)OCC(=O)c1ccc([N+](=O)[O-])cc1)c1ccc([N+](=O)[O-])cc1. The van der Waals surface area contributed by atoms with Gasteiger partial charge < -0.3 is 9.47 Å². The number of carbonyl (C=O) groups excluding carboxylic acids is 4. The number of benzene rings is 3. The highest BCUT2D eigenvalue weighted by Crippen LogP contribution is 2.25. The van der Waals surface area contributed by atoms with E-state index in [2.05, 4.69) is 0 Å². The van der Waals surface area contributed by atoms with E-state index in [0.717, 1.165) is 66.7 Å². The molecule has 0 heterocycles. The zero-order valence-electron chi connectivity index (χ0n) is 19.5. The van der Waals surface area contributed by atoms with Crippen molar-refractivity contribution in [2.75, 3.05) is 13.2 Å². The summed E-state index contributed by atoms with van der Waals surface area (Å²) in [6, 6.07) is 11.8. The van der Waals surface area contributed by atoms with Crippen LogP contribution in [0.1, 0.15) is 41.4 Å². The van der Waals surface area contributed by atoms with Crippen LogP contribution >= 0.6 is 0 Å². The molecule has 0 aliphatic carbocycles. The van der Waals surface area contributed by atoms with Gasteiger partial charge in [0.1, 0.15) is 0 Å². The van der Waals surface area contributed by atoms with E-state index in [4.69, 9.17) is 9.47 Å². The van der Waals surface area contributed by atoms with Gasteiger partial charge in [0, 0.05) is 41.5 Å². The first-order valence-corrected chi connectivity index (χ1v) is 10.7. The Bertz CT molecular complexity index is 1500. The summed E-state index contributed by atoms with van der Waals surface area (Å²) in [5.74, 6) is -4.23. The van der Waals surface area contributed by atoms with Crippen LogP contribution in [0.15, 0.2) is 66.7 Å². The Morgan fingerprint density at radius 1 is 0.590 bits per heavy atom. The molecule has 0 radical (unpaired) electrons. The third kappa shape index (κ3) is 6.67. The summed E-state index contributed by atoms with van der Waals surface area (Å²) in [7, 11) is 0. The molecule has 0 aliphatic heterocycles. The van der Waals surface area contributed by atoms with Gasteiger partial charge in [-0.05, 0) is 30.3 Å². The van der Waals surface area contributed by atoms with Gasteiger partial charge in [0.15, 0.2) is 30.3 Å². The van der Waals surface area contributed by atoms with Crippen molar-refractivity contribution in [3.63, 3.8) is 0 Å². The van der Waals surface area contributed by atoms with Crippen LogP contribution in [0.2, 0.25) is 0 Å². The lowest BCUT2D eigenvalue weighted by Gasteiger charge is -2.10. The molecule has 0 saturated heterocycles. The van der Waals surface area contributed by atoms with E-state index in [0.29, 0.717) is 0 Å². The van der Waals surface area contributed by atoms with Crippen LogP contribution in [0.3, 0.4) is 0 Å². The zero-order chi connectivity index (χ0) is 28.7. The largest absolute Gasteiger partial charge is 0.454 e. The summed E-state index contributed by atoms with van der Waals surface area (Å²) >= 11 is 0. The van der Waals surface area contributed by atoms with Gasteiger partial charge in [-0.1, -0.05) is 6.07 Å². The maximum Gasteiger partial charge on any atom is 0.346 e. The number of rotatable bonds is 11. The van der Waals surface area contributed by atoms with E-state index < -0.39 is 68.3 Å². The van der Waals surface area contributed by atoms with E-state index >= 15 is 0 Å². The second kappa shape index (κ2) is 11.9. The lowest BCUT2D eigenvalue weighted by atomic mass is 10.1. The molecule has 3 aromatic carbocycles. The van der Waals surface area contributed by atoms with Crippen LogP contribution in [0.4, 0.5) is 17.1 Å². The second-order valence-electron chi connectivity index (χ2n) is 7.56. The summed E-state index contributed by atoms with van der Waals surface area (Å²) in [4.78, 5) is 80.7. The lowest BCUT2D eigenvalue weighted by Crippen LogP contribution is -2.20. The first-order chi connectivity index (χ1) is 18.5. The zero-order valence-corrected chi connectivity index (χ0v) is 19.5. The molecule has 0 saturated carbocycles. The first kappa shape index (κ1) is 27.7. The molecule has 0 bridgehead atoms. The third-order valence-corrected chi connectivity index (χ3v) is 5.13. The van der Waals surface area contributed by atoms with E-state index in [1.165, 1.54) is 0 Å². The van der Waals surface area contributed by atoms with Gasteiger partial charge in [0.25, 0.3) is 17.1 Å². The molecule has 0 amide bonds. The number of esters is 2. The van der Waals surface area contributed by atoms with Crippen molar-refractivity contribution in [3.8, 4) is 0 Å². The number of hydrogen-bond acceptors (Lipinski definition) is 12. The van der Waals surface area contributed by atoms with Crippen molar-refractivity contribution < 1.29 is 43.4 Å². The Kier molecular flexibility index (Phi) is 8.47. The lowest BCUT2D eigenvalue weighted by molar-refractivity contribution is -0.385. The fourth-order valence-corrected chi connectivity index (χ4v) is 3.19. The highest BCUT2D eigenvalue weighted by Gasteiger charge is 2.30. The monoisotopic (exact) mass is 537 g/mol. The Balaban J connectivity index is 1.75. The quantitative estimate of drug-likeness (QED) is 0.149. The number of hydrogen-bond donors (Lipinski definition) is 0. The molecule has 0 unspecified atom stereocenters. The minimum absolute atomic E-state index is 0.0168. The Morgan fingerprint density at radius 3 is 1.44 bits per heavy atom. The summed E-state index contributed by atoms with van der Waals surface area (Å²) in [5, 5.41) is 33.0. The third-order valence-electron chi connectivity index (χ3n) is 5.13. The van der Waals surface area contributed by atoms with E-state index in [1.54, 1.807) is 0 Å². The Morgan fingerprint density at radius 2 is 1.03 bits per heavy atom. The van der Waals surface area contributed by atoms with Crippen LogP contribution in [-0.2, 0) is 9.47 Å². The molecule has 15 nitrogen and oxygen atoms in total. The van der Waals surface area contributed by atoms with Gasteiger partial charge in [-0.25, -0.2) is 9.59 Å². The molecule has 0 fully saturated rings. The standard InChI is InChI=1S/C24H15N3O12/c28-20(14-4-8-16(9-5-14)25(32)33)12-38-23(30)18-2-1-3-19(27(36)37)22(18)24(31)39-13-21(29)15-6-10-17(11-7-15)26(34)35/h1-11H,12-13H2. The van der Waals surface area contributed by atoms with Crippen molar-refractivity contribution in [2.24, 2.45) is 0 Å². The molecule has 0 spiro atoms. The van der Waals surface area contributed by atoms with Gasteiger partial charge in [0.05, 0.1) is 20.3 Å². The molecular weight excluding hydrogens is 522 g/mol. The summed E-state index contributed by atoms with van der Waals surface area (Å²) in [6.45, 7) is -1.76. The van der Waals surface area contributed by atoms with Gasteiger partial charge in [-0.2, -0.15) is 0 Å². The molecule has 15 heteroatoms. The number of nitro groups is 3. The molecular formula is C24H15N3O12. The maximum atomic E-state index is 12.7. The van der Waals surface area contributed by atoms with Gasteiger partial charge in [-0.3, -0.25) is 39.9 Å². The summed E-state index contributed by atoms with van der Waals surface area (Å²) in [5.41, 5.74) is -2.88. The fourth-order valence-electron chi connectivity index (χ4n) is 3.19. The number of ketones is 2. The average molecular weight is 537 g/mol. The predicted molar refractivity (Wildman–Crippen MR) is 129 cm³/mol. The van der Waals surface area contributed by atoms with E-state index in [9.17, 15) is 49.5 Å².